The average molecular weight is 84.1 g/mol. The Morgan fingerprint density at radius 3 is 2.83 bits per heavy atom. The summed E-state index contributed by atoms with van der Waals surface area (Å²) in [6.45, 7) is 3.36. The van der Waals surface area contributed by atoms with Crippen molar-refractivity contribution in [2.24, 2.45) is 0 Å². The molecule has 1 aliphatic heterocycles. The van der Waals surface area contributed by atoms with Gasteiger partial charge in [0.2, 0.25) is 0 Å². The average Bonchev–Trinajstić information content (AvgIpc) is 1.86. The van der Waals surface area contributed by atoms with Crippen molar-refractivity contribution < 1.29 is 0 Å². The van der Waals surface area contributed by atoms with Gasteiger partial charge in [0.05, 0.1) is 0 Å². The summed E-state index contributed by atoms with van der Waals surface area (Å²) in [5.41, 5.74) is 0. The minimum absolute atomic E-state index is 0.671. The maximum atomic E-state index is 3.26. The quantitative estimate of drug-likeness (QED) is 0.452. The summed E-state index contributed by atoms with van der Waals surface area (Å²) in [4.78, 5) is 0. The van der Waals surface area contributed by atoms with Crippen molar-refractivity contribution in [1.82, 2.24) is 5.32 Å². The molecule has 1 heterocycles. The Kier molecular flexibility index (Phi) is 1.10. The van der Waals surface area contributed by atoms with Crippen molar-refractivity contribution in [2.45, 2.75) is 19.4 Å². The predicted octanol–water partition coefficient (Wildman–Crippen LogP) is 0.572. The zero-order valence-electron chi connectivity index (χ0n) is 4.07. The van der Waals surface area contributed by atoms with E-state index in [2.05, 4.69) is 18.7 Å². The molecular formula is C5H10N. The van der Waals surface area contributed by atoms with E-state index in [-0.39, 0.29) is 0 Å². The molecule has 1 heteroatoms. The van der Waals surface area contributed by atoms with Gasteiger partial charge in [-0.3, -0.25) is 0 Å². The zero-order valence-corrected chi connectivity index (χ0v) is 4.07. The Morgan fingerprint density at radius 1 is 1.83 bits per heavy atom. The molecule has 1 aliphatic rings. The van der Waals surface area contributed by atoms with Gasteiger partial charge in [-0.2, -0.15) is 0 Å². The van der Waals surface area contributed by atoms with Crippen LogP contribution in [0.3, 0.4) is 0 Å². The van der Waals surface area contributed by atoms with Crippen LogP contribution in [-0.2, 0) is 0 Å². The third-order valence-electron chi connectivity index (χ3n) is 1.13. The van der Waals surface area contributed by atoms with Gasteiger partial charge in [-0.25, -0.2) is 0 Å². The van der Waals surface area contributed by atoms with Crippen LogP contribution in [0.15, 0.2) is 0 Å². The molecular weight excluding hydrogens is 74.1 g/mol. The maximum absolute atomic E-state index is 3.26. The molecule has 1 N–H and O–H groups in total. The smallest absolute Gasteiger partial charge is 0.00707 e. The minimum atomic E-state index is 0.671. The largest absolute Gasteiger partial charge is 0.314 e. The topological polar surface area (TPSA) is 12.0 Å². The van der Waals surface area contributed by atoms with Crippen LogP contribution in [0.1, 0.15) is 13.3 Å². The van der Waals surface area contributed by atoms with Crippen molar-refractivity contribution in [1.29, 1.82) is 0 Å². The van der Waals surface area contributed by atoms with Gasteiger partial charge in [-0.05, 0) is 26.3 Å². The molecule has 1 rings (SSSR count). The second kappa shape index (κ2) is 1.61. The lowest BCUT2D eigenvalue weighted by Gasteiger charge is -1.94. The van der Waals surface area contributed by atoms with E-state index in [9.17, 15) is 0 Å². The summed E-state index contributed by atoms with van der Waals surface area (Å²) in [5, 5.41) is 3.26. The Labute approximate surface area is 38.7 Å². The minimum Gasteiger partial charge on any atom is -0.314 e. The molecule has 1 radical (unpaired) electrons. The van der Waals surface area contributed by atoms with Gasteiger partial charge in [0.1, 0.15) is 0 Å². The summed E-state index contributed by atoms with van der Waals surface area (Å²) < 4.78 is 0. The summed E-state index contributed by atoms with van der Waals surface area (Å²) in [6.07, 6.45) is 3.54. The van der Waals surface area contributed by atoms with E-state index in [1.54, 1.807) is 0 Å². The van der Waals surface area contributed by atoms with Gasteiger partial charge >= 0.3 is 0 Å². The van der Waals surface area contributed by atoms with E-state index in [0.717, 1.165) is 0 Å². The zero-order chi connectivity index (χ0) is 4.41. The first kappa shape index (κ1) is 4.13. The number of nitrogens with one attached hydrogen (secondary N) is 1. The Hall–Kier alpha value is -0.0400. The van der Waals surface area contributed by atoms with Crippen LogP contribution in [0.2, 0.25) is 0 Å². The molecule has 0 aromatic carbocycles. The lowest BCUT2D eigenvalue weighted by Crippen LogP contribution is -2.16. The van der Waals surface area contributed by atoms with Crippen molar-refractivity contribution in [2.75, 3.05) is 6.54 Å². The van der Waals surface area contributed by atoms with Crippen molar-refractivity contribution in [3.8, 4) is 0 Å². The highest BCUT2D eigenvalue weighted by Crippen LogP contribution is 1.99. The number of hydrogen-bond acceptors (Lipinski definition) is 1. The first-order valence-electron chi connectivity index (χ1n) is 2.46. The molecule has 0 aromatic heterocycles. The third-order valence-corrected chi connectivity index (χ3v) is 1.13. The maximum Gasteiger partial charge on any atom is 0.00707 e. The lowest BCUT2D eigenvalue weighted by molar-refractivity contribution is 0.719. The van der Waals surface area contributed by atoms with Gasteiger partial charge in [0, 0.05) is 6.04 Å². The highest BCUT2D eigenvalue weighted by Gasteiger charge is 2.05. The van der Waals surface area contributed by atoms with Gasteiger partial charge in [0.25, 0.3) is 0 Å². The molecule has 1 saturated heterocycles. The van der Waals surface area contributed by atoms with E-state index in [0.29, 0.717) is 6.04 Å². The molecule has 0 spiro atoms. The van der Waals surface area contributed by atoms with E-state index in [1.807, 2.05) is 0 Å². The molecule has 0 amide bonds. The molecule has 1 nitrogen and oxygen atoms in total. The van der Waals surface area contributed by atoms with Gasteiger partial charge in [-0.15, -0.1) is 0 Å². The fourth-order valence-corrected chi connectivity index (χ4v) is 0.728. The Balaban J connectivity index is 2.18. The molecule has 1 fully saturated rings. The molecule has 0 bridgehead atoms. The van der Waals surface area contributed by atoms with Gasteiger partial charge in [0.15, 0.2) is 0 Å². The first-order chi connectivity index (χ1) is 2.89. The van der Waals surface area contributed by atoms with Crippen LogP contribution in [0.25, 0.3) is 0 Å². The second-order valence-electron chi connectivity index (χ2n) is 1.77. The Morgan fingerprint density at radius 2 is 2.67 bits per heavy atom. The summed E-state index contributed by atoms with van der Waals surface area (Å²) in [7, 11) is 0. The van der Waals surface area contributed by atoms with Crippen LogP contribution in [0.4, 0.5) is 0 Å². The van der Waals surface area contributed by atoms with E-state index in [1.165, 1.54) is 13.0 Å². The van der Waals surface area contributed by atoms with Crippen LogP contribution in [0.5, 0.6) is 0 Å². The van der Waals surface area contributed by atoms with Gasteiger partial charge < -0.3 is 5.32 Å². The molecule has 1 unspecified atom stereocenters. The Bertz CT molecular complexity index is 37.2. The molecule has 35 valence electrons. The van der Waals surface area contributed by atoms with E-state index in [4.69, 9.17) is 0 Å². The van der Waals surface area contributed by atoms with E-state index < -0.39 is 0 Å². The van der Waals surface area contributed by atoms with Gasteiger partial charge in [-0.1, -0.05) is 0 Å². The van der Waals surface area contributed by atoms with Crippen LogP contribution in [0, 0.1) is 6.42 Å². The summed E-state index contributed by atoms with van der Waals surface area (Å²) in [6, 6.07) is 0.671. The number of hydrogen-bond donors (Lipinski definition) is 1. The van der Waals surface area contributed by atoms with E-state index >= 15 is 0 Å². The normalized spacial score (nSPS) is 34.5. The summed E-state index contributed by atoms with van der Waals surface area (Å²) in [5.74, 6) is 0. The predicted molar refractivity (Wildman–Crippen MR) is 26.4 cm³/mol. The third kappa shape index (κ3) is 0.716. The number of rotatable bonds is 0. The fourth-order valence-electron chi connectivity index (χ4n) is 0.728. The molecule has 0 aliphatic carbocycles. The standard InChI is InChI=1S/C5H10N/c1-5-3-2-4-6-5/h3,5-6H,2,4H2,1H3. The monoisotopic (exact) mass is 84.1 g/mol. The van der Waals surface area contributed by atoms with Crippen molar-refractivity contribution >= 4 is 0 Å². The molecule has 6 heavy (non-hydrogen) atoms. The molecule has 0 aromatic rings. The SMILES string of the molecule is CC1[CH]CCN1. The van der Waals surface area contributed by atoms with Crippen LogP contribution in [-0.4, -0.2) is 12.6 Å². The lowest BCUT2D eigenvalue weighted by atomic mass is 10.3. The highest BCUT2D eigenvalue weighted by atomic mass is 14.9. The highest BCUT2D eigenvalue weighted by molar-refractivity contribution is 4.85. The molecule has 1 atom stereocenters. The van der Waals surface area contributed by atoms with Crippen LogP contribution < -0.4 is 5.32 Å². The first-order valence-corrected chi connectivity index (χ1v) is 2.46. The van der Waals surface area contributed by atoms with Crippen LogP contribution >= 0.6 is 0 Å². The second-order valence-corrected chi connectivity index (χ2v) is 1.77. The van der Waals surface area contributed by atoms with Crippen molar-refractivity contribution in [3.05, 3.63) is 6.42 Å². The fraction of sp³-hybridized carbons (Fsp3) is 0.800. The summed E-state index contributed by atoms with van der Waals surface area (Å²) >= 11 is 0. The van der Waals surface area contributed by atoms with Crippen molar-refractivity contribution in [3.63, 3.8) is 0 Å². The molecule has 0 saturated carbocycles.